The number of methoxy groups -OCH3 is 1. The fourth-order valence-electron chi connectivity index (χ4n) is 4.82. The number of rotatable bonds is 7. The van der Waals surface area contributed by atoms with Crippen molar-refractivity contribution in [3.05, 3.63) is 72.3 Å². The van der Waals surface area contributed by atoms with E-state index >= 15 is 0 Å². The normalized spacial score (nSPS) is 25.8. The molecule has 2 N–H and O–H groups in total. The lowest BCUT2D eigenvalue weighted by molar-refractivity contribution is -0.334. The SMILES string of the molecule is CO[C@@H](C(=O)N[C@H]1CSc2ccccc2N(Cc2ccccc2)C1=O)[C@@H]1OC(C)(C)O[C@H](/C=C/C(C)(C)C)[C@@H]1O. The monoisotopic (exact) mass is 568 g/mol. The Balaban J connectivity index is 1.56. The fraction of sp³-hybridized carbons (Fsp3) is 0.484. The molecule has 0 radical (unpaired) electrons. The van der Waals surface area contributed by atoms with Crippen LogP contribution in [0.15, 0.2) is 71.6 Å². The quantitative estimate of drug-likeness (QED) is 0.481. The molecule has 2 aliphatic rings. The van der Waals surface area contributed by atoms with E-state index < -0.39 is 42.2 Å². The molecule has 40 heavy (non-hydrogen) atoms. The van der Waals surface area contributed by atoms with Crippen molar-refractivity contribution in [3.8, 4) is 0 Å². The summed E-state index contributed by atoms with van der Waals surface area (Å²) >= 11 is 1.51. The number of fused-ring (bicyclic) bond motifs is 1. The molecule has 8 nitrogen and oxygen atoms in total. The summed E-state index contributed by atoms with van der Waals surface area (Å²) < 4.78 is 17.6. The Morgan fingerprint density at radius 2 is 1.85 bits per heavy atom. The predicted molar refractivity (Wildman–Crippen MR) is 156 cm³/mol. The Hall–Kier alpha value is -2.69. The molecule has 0 aliphatic carbocycles. The van der Waals surface area contributed by atoms with Crippen LogP contribution in [0.1, 0.15) is 40.2 Å². The molecule has 5 atom stereocenters. The van der Waals surface area contributed by atoms with Gasteiger partial charge in [-0.05, 0) is 37.0 Å². The third-order valence-electron chi connectivity index (χ3n) is 6.74. The van der Waals surface area contributed by atoms with Gasteiger partial charge in [-0.15, -0.1) is 11.8 Å². The van der Waals surface area contributed by atoms with Crippen LogP contribution in [0.4, 0.5) is 5.69 Å². The van der Waals surface area contributed by atoms with E-state index in [0.717, 1.165) is 16.1 Å². The lowest BCUT2D eigenvalue weighted by atomic mass is 9.93. The van der Waals surface area contributed by atoms with Gasteiger partial charge in [-0.3, -0.25) is 9.59 Å². The molecule has 1 fully saturated rings. The lowest BCUT2D eigenvalue weighted by Gasteiger charge is -2.45. The smallest absolute Gasteiger partial charge is 0.252 e. The molecule has 2 aromatic rings. The molecular formula is C31H40N2O6S. The first-order valence-electron chi connectivity index (χ1n) is 13.5. The molecule has 1 saturated heterocycles. The van der Waals surface area contributed by atoms with E-state index in [0.29, 0.717) is 12.3 Å². The molecule has 2 aliphatic heterocycles. The zero-order valence-electron chi connectivity index (χ0n) is 24.0. The van der Waals surface area contributed by atoms with Crippen LogP contribution in [0.3, 0.4) is 0 Å². The highest BCUT2D eigenvalue weighted by Crippen LogP contribution is 2.36. The number of carbonyl (C=O) groups is 2. The number of aliphatic hydroxyl groups excluding tert-OH is 1. The first-order chi connectivity index (χ1) is 18.9. The van der Waals surface area contributed by atoms with Crippen LogP contribution in [-0.2, 0) is 30.3 Å². The van der Waals surface area contributed by atoms with E-state index in [4.69, 9.17) is 14.2 Å². The number of hydrogen-bond donors (Lipinski definition) is 2. The van der Waals surface area contributed by atoms with E-state index in [2.05, 4.69) is 5.32 Å². The summed E-state index contributed by atoms with van der Waals surface area (Å²) in [7, 11) is 1.39. The molecule has 0 spiro atoms. The maximum atomic E-state index is 13.9. The van der Waals surface area contributed by atoms with Gasteiger partial charge in [0.05, 0.1) is 12.2 Å². The number of anilines is 1. The third-order valence-corrected chi connectivity index (χ3v) is 7.89. The van der Waals surface area contributed by atoms with Crippen molar-refractivity contribution in [3.63, 3.8) is 0 Å². The maximum absolute atomic E-state index is 13.9. The topological polar surface area (TPSA) is 97.3 Å². The number of allylic oxidation sites excluding steroid dienone is 1. The minimum absolute atomic E-state index is 0.125. The fourth-order valence-corrected chi connectivity index (χ4v) is 5.89. The van der Waals surface area contributed by atoms with Crippen molar-refractivity contribution in [1.29, 1.82) is 0 Å². The molecule has 216 valence electrons. The van der Waals surface area contributed by atoms with Gasteiger partial charge >= 0.3 is 0 Å². The zero-order chi connectivity index (χ0) is 29.1. The number of amides is 2. The Labute approximate surface area is 241 Å². The van der Waals surface area contributed by atoms with Crippen LogP contribution in [0.2, 0.25) is 0 Å². The Morgan fingerprint density at radius 3 is 2.52 bits per heavy atom. The van der Waals surface area contributed by atoms with Gasteiger partial charge in [-0.25, -0.2) is 0 Å². The highest BCUT2D eigenvalue weighted by atomic mass is 32.2. The van der Waals surface area contributed by atoms with Gasteiger partial charge in [0.1, 0.15) is 24.4 Å². The van der Waals surface area contributed by atoms with Crippen molar-refractivity contribution >= 4 is 29.3 Å². The largest absolute Gasteiger partial charge is 0.387 e. The van der Waals surface area contributed by atoms with Gasteiger partial charge in [0.25, 0.3) is 11.8 Å². The number of nitrogens with zero attached hydrogens (tertiary/aromatic N) is 1. The summed E-state index contributed by atoms with van der Waals surface area (Å²) in [6, 6.07) is 16.7. The van der Waals surface area contributed by atoms with E-state index in [1.807, 2.05) is 81.4 Å². The number of thioether (sulfide) groups is 1. The molecule has 2 amide bonds. The number of nitrogens with one attached hydrogen (secondary N) is 1. The second-order valence-electron chi connectivity index (χ2n) is 11.7. The van der Waals surface area contributed by atoms with Crippen LogP contribution in [0, 0.1) is 5.41 Å². The van der Waals surface area contributed by atoms with Crippen molar-refractivity contribution in [2.45, 2.75) is 82.3 Å². The first-order valence-corrected chi connectivity index (χ1v) is 14.5. The number of ether oxygens (including phenoxy) is 3. The standard InChI is InChI=1S/C31H40N2O6S/c1-30(2,3)17-16-23-25(34)26(39-31(4,5)38-23)27(37-6)28(35)32-21-19-40-24-15-11-10-14-22(24)33(29(21)36)18-20-12-8-7-9-13-20/h7-17,21,23,25-27,34H,18-19H2,1-6H3,(H,32,35)/b17-16+/t21-,23+,25-,26+,27+/m0/s1. The van der Waals surface area contributed by atoms with Crippen molar-refractivity contribution in [1.82, 2.24) is 5.32 Å². The zero-order valence-corrected chi connectivity index (χ0v) is 24.8. The summed E-state index contributed by atoms with van der Waals surface area (Å²) in [6.07, 6.45) is -0.299. The van der Waals surface area contributed by atoms with Crippen molar-refractivity contribution in [2.24, 2.45) is 5.41 Å². The average Bonchev–Trinajstić information content (AvgIpc) is 3.02. The Bertz CT molecular complexity index is 1210. The summed E-state index contributed by atoms with van der Waals surface area (Å²) in [5.41, 5.74) is 1.66. The summed E-state index contributed by atoms with van der Waals surface area (Å²) in [5, 5.41) is 14.1. The molecule has 0 unspecified atom stereocenters. The van der Waals surface area contributed by atoms with E-state index in [1.54, 1.807) is 24.8 Å². The van der Waals surface area contributed by atoms with Crippen molar-refractivity contribution < 1.29 is 28.9 Å². The van der Waals surface area contributed by atoms with Gasteiger partial charge in [0.2, 0.25) is 0 Å². The van der Waals surface area contributed by atoms with E-state index in [1.165, 1.54) is 18.9 Å². The molecule has 0 bridgehead atoms. The van der Waals surface area contributed by atoms with Gasteiger partial charge in [0.15, 0.2) is 11.9 Å². The second-order valence-corrected chi connectivity index (χ2v) is 12.7. The highest BCUT2D eigenvalue weighted by molar-refractivity contribution is 7.99. The number of benzene rings is 2. The summed E-state index contributed by atoms with van der Waals surface area (Å²) in [5.74, 6) is -1.48. The molecular weight excluding hydrogens is 528 g/mol. The molecule has 2 aromatic carbocycles. The predicted octanol–water partition coefficient (Wildman–Crippen LogP) is 4.31. The van der Waals surface area contributed by atoms with Crippen LogP contribution < -0.4 is 10.2 Å². The summed E-state index contributed by atoms with van der Waals surface area (Å²) in [6.45, 7) is 9.98. The minimum Gasteiger partial charge on any atom is -0.387 e. The molecule has 2 heterocycles. The van der Waals surface area contributed by atoms with Gasteiger partial charge in [0, 0.05) is 17.8 Å². The van der Waals surface area contributed by atoms with Crippen LogP contribution in [-0.4, -0.2) is 66.0 Å². The summed E-state index contributed by atoms with van der Waals surface area (Å²) in [4.78, 5) is 30.2. The first kappa shape index (κ1) is 30.3. The number of carbonyl (C=O) groups excluding carboxylic acids is 2. The molecule has 9 heteroatoms. The molecule has 0 saturated carbocycles. The number of aliphatic hydroxyl groups is 1. The molecule has 4 rings (SSSR count). The van der Waals surface area contributed by atoms with Gasteiger partial charge < -0.3 is 29.5 Å². The van der Waals surface area contributed by atoms with Crippen LogP contribution in [0.25, 0.3) is 0 Å². The number of para-hydroxylation sites is 1. The highest BCUT2D eigenvalue weighted by Gasteiger charge is 2.48. The number of hydrogen-bond acceptors (Lipinski definition) is 7. The van der Waals surface area contributed by atoms with Crippen LogP contribution >= 0.6 is 11.8 Å². The molecule has 0 aromatic heterocycles. The minimum atomic E-state index is -1.17. The average molecular weight is 569 g/mol. The third kappa shape index (κ3) is 7.33. The maximum Gasteiger partial charge on any atom is 0.252 e. The Kier molecular flexibility index (Phi) is 9.42. The Morgan fingerprint density at radius 1 is 1.18 bits per heavy atom. The van der Waals surface area contributed by atoms with E-state index in [-0.39, 0.29) is 11.3 Å². The van der Waals surface area contributed by atoms with Crippen molar-refractivity contribution in [2.75, 3.05) is 17.8 Å². The lowest BCUT2D eigenvalue weighted by Crippen LogP contribution is -2.62. The van der Waals surface area contributed by atoms with Crippen LogP contribution in [0.5, 0.6) is 0 Å². The van der Waals surface area contributed by atoms with E-state index in [9.17, 15) is 14.7 Å². The van der Waals surface area contributed by atoms with Gasteiger partial charge in [-0.2, -0.15) is 0 Å². The second kappa shape index (κ2) is 12.4. The van der Waals surface area contributed by atoms with Gasteiger partial charge in [-0.1, -0.05) is 75.4 Å².